The molecule has 7 heteroatoms. The van der Waals surface area contributed by atoms with Crippen LogP contribution in [0.15, 0.2) is 43.0 Å². The summed E-state index contributed by atoms with van der Waals surface area (Å²) in [4.78, 5) is 18.4. The Hall–Kier alpha value is -2.96. The van der Waals surface area contributed by atoms with Crippen LogP contribution in [0.3, 0.4) is 0 Å². The summed E-state index contributed by atoms with van der Waals surface area (Å²) < 4.78 is 1.70. The zero-order valence-corrected chi connectivity index (χ0v) is 14.3. The number of H-pyrrole nitrogens is 1. The largest absolute Gasteiger partial charge is 0.334 e. The molecule has 0 aliphatic heterocycles. The number of nitrogens with zero attached hydrogens (tertiary/aromatic N) is 5. The lowest BCUT2D eigenvalue weighted by atomic mass is 10.1. The molecule has 2 aromatic heterocycles. The minimum Gasteiger partial charge on any atom is -0.334 e. The molecule has 1 fully saturated rings. The maximum atomic E-state index is 12.7. The highest BCUT2D eigenvalue weighted by Gasteiger charge is 2.28. The van der Waals surface area contributed by atoms with Crippen LogP contribution in [0.1, 0.15) is 53.5 Å². The van der Waals surface area contributed by atoms with Gasteiger partial charge < -0.3 is 4.90 Å². The molecule has 2 heterocycles. The van der Waals surface area contributed by atoms with Gasteiger partial charge in [-0.05, 0) is 43.5 Å². The SMILES string of the molecule is CC(c1ccc(-n2cncn2)cc1)N(C)C(=O)c1cc(C2CC2)[nH]n1. The lowest BCUT2D eigenvalue weighted by molar-refractivity contribution is 0.0736. The van der Waals surface area contributed by atoms with Gasteiger partial charge in [0.1, 0.15) is 18.3 Å². The van der Waals surface area contributed by atoms with Crippen molar-refractivity contribution in [3.05, 3.63) is 59.9 Å². The molecule has 128 valence electrons. The molecule has 0 saturated heterocycles. The quantitative estimate of drug-likeness (QED) is 0.777. The summed E-state index contributed by atoms with van der Waals surface area (Å²) in [5.74, 6) is 0.483. The molecule has 1 aromatic carbocycles. The Labute approximate surface area is 145 Å². The van der Waals surface area contributed by atoms with Crippen molar-refractivity contribution in [2.24, 2.45) is 0 Å². The topological polar surface area (TPSA) is 79.7 Å². The monoisotopic (exact) mass is 336 g/mol. The predicted octanol–water partition coefficient (Wildman–Crippen LogP) is 2.70. The van der Waals surface area contributed by atoms with E-state index in [0.717, 1.165) is 16.9 Å². The highest BCUT2D eigenvalue weighted by Crippen LogP contribution is 2.39. The first-order chi connectivity index (χ1) is 12.1. The van der Waals surface area contributed by atoms with Gasteiger partial charge >= 0.3 is 0 Å². The molecule has 1 saturated carbocycles. The molecule has 3 aromatic rings. The average Bonchev–Trinajstić information content (AvgIpc) is 3.15. The van der Waals surface area contributed by atoms with Crippen molar-refractivity contribution < 1.29 is 4.79 Å². The number of carbonyl (C=O) groups excluding carboxylic acids is 1. The highest BCUT2D eigenvalue weighted by molar-refractivity contribution is 5.92. The molecule has 1 amide bonds. The number of rotatable bonds is 5. The van der Waals surface area contributed by atoms with E-state index in [2.05, 4.69) is 20.3 Å². The maximum absolute atomic E-state index is 12.7. The van der Waals surface area contributed by atoms with Gasteiger partial charge in [0.25, 0.3) is 5.91 Å². The Balaban J connectivity index is 1.48. The first-order valence-electron chi connectivity index (χ1n) is 8.41. The molecule has 1 aliphatic rings. The zero-order chi connectivity index (χ0) is 17.4. The van der Waals surface area contributed by atoms with Crippen LogP contribution in [0.4, 0.5) is 0 Å². The van der Waals surface area contributed by atoms with Gasteiger partial charge in [0, 0.05) is 18.7 Å². The van der Waals surface area contributed by atoms with Crippen molar-refractivity contribution in [3.63, 3.8) is 0 Å². The van der Waals surface area contributed by atoms with Crippen molar-refractivity contribution in [1.29, 1.82) is 0 Å². The number of amides is 1. The lowest BCUT2D eigenvalue weighted by Gasteiger charge is -2.24. The van der Waals surface area contributed by atoms with Gasteiger partial charge in [-0.15, -0.1) is 0 Å². The van der Waals surface area contributed by atoms with Crippen molar-refractivity contribution in [1.82, 2.24) is 29.9 Å². The Morgan fingerprint density at radius 2 is 2.08 bits per heavy atom. The molecule has 0 bridgehead atoms. The van der Waals surface area contributed by atoms with E-state index in [9.17, 15) is 4.79 Å². The smallest absolute Gasteiger partial charge is 0.274 e. The van der Waals surface area contributed by atoms with Crippen LogP contribution in [-0.2, 0) is 0 Å². The molecule has 1 unspecified atom stereocenters. The molecule has 0 radical (unpaired) electrons. The van der Waals surface area contributed by atoms with Crippen LogP contribution in [0, 0.1) is 0 Å². The fourth-order valence-electron chi connectivity index (χ4n) is 2.88. The van der Waals surface area contributed by atoms with E-state index in [1.165, 1.54) is 19.2 Å². The number of nitrogens with one attached hydrogen (secondary N) is 1. The predicted molar refractivity (Wildman–Crippen MR) is 92.4 cm³/mol. The zero-order valence-electron chi connectivity index (χ0n) is 14.3. The minimum atomic E-state index is -0.0731. The fraction of sp³-hybridized carbons (Fsp3) is 0.333. The summed E-state index contributed by atoms with van der Waals surface area (Å²) in [6.45, 7) is 2.01. The van der Waals surface area contributed by atoms with E-state index in [-0.39, 0.29) is 11.9 Å². The number of benzene rings is 1. The third-order valence-electron chi connectivity index (χ3n) is 4.79. The molecular formula is C18H20N6O. The summed E-state index contributed by atoms with van der Waals surface area (Å²) in [6, 6.07) is 9.78. The number of aromatic amines is 1. The van der Waals surface area contributed by atoms with Gasteiger partial charge in [-0.25, -0.2) is 9.67 Å². The number of carbonyl (C=O) groups is 1. The third kappa shape index (κ3) is 3.05. The summed E-state index contributed by atoms with van der Waals surface area (Å²) in [7, 11) is 1.81. The van der Waals surface area contributed by atoms with E-state index >= 15 is 0 Å². The fourth-order valence-corrected chi connectivity index (χ4v) is 2.88. The van der Waals surface area contributed by atoms with Crippen LogP contribution in [0.25, 0.3) is 5.69 Å². The third-order valence-corrected chi connectivity index (χ3v) is 4.79. The Bertz CT molecular complexity index is 863. The van der Waals surface area contributed by atoms with Crippen LogP contribution < -0.4 is 0 Å². The van der Waals surface area contributed by atoms with Gasteiger partial charge in [0.2, 0.25) is 0 Å². The Morgan fingerprint density at radius 3 is 2.72 bits per heavy atom. The average molecular weight is 336 g/mol. The standard InChI is InChI=1S/C18H20N6O/c1-12(13-5-7-15(8-6-13)24-11-19-10-20-24)23(2)18(25)17-9-16(21-22-17)14-3-4-14/h5-12,14H,3-4H2,1-2H3,(H,21,22). The highest BCUT2D eigenvalue weighted by atomic mass is 16.2. The van der Waals surface area contributed by atoms with Crippen LogP contribution >= 0.6 is 0 Å². The molecule has 1 N–H and O–H groups in total. The van der Waals surface area contributed by atoms with Crippen LogP contribution in [0.2, 0.25) is 0 Å². The first kappa shape index (κ1) is 15.6. The van der Waals surface area contributed by atoms with E-state index in [1.807, 2.05) is 44.3 Å². The lowest BCUT2D eigenvalue weighted by Crippen LogP contribution is -2.30. The van der Waals surface area contributed by atoms with E-state index in [4.69, 9.17) is 0 Å². The Morgan fingerprint density at radius 1 is 1.32 bits per heavy atom. The van der Waals surface area contributed by atoms with E-state index < -0.39 is 0 Å². The molecule has 7 nitrogen and oxygen atoms in total. The van der Waals surface area contributed by atoms with Gasteiger partial charge in [-0.3, -0.25) is 9.89 Å². The van der Waals surface area contributed by atoms with Gasteiger partial charge in [-0.2, -0.15) is 10.2 Å². The van der Waals surface area contributed by atoms with Crippen LogP contribution in [-0.4, -0.2) is 42.8 Å². The number of aromatic nitrogens is 5. The van der Waals surface area contributed by atoms with Crippen molar-refractivity contribution in [3.8, 4) is 5.69 Å². The van der Waals surface area contributed by atoms with Gasteiger partial charge in [0.05, 0.1) is 11.7 Å². The normalized spacial score (nSPS) is 15.1. The molecule has 1 aliphatic carbocycles. The molecule has 25 heavy (non-hydrogen) atoms. The summed E-state index contributed by atoms with van der Waals surface area (Å²) in [6.07, 6.45) is 5.52. The summed E-state index contributed by atoms with van der Waals surface area (Å²) in [5, 5.41) is 11.3. The van der Waals surface area contributed by atoms with Crippen molar-refractivity contribution in [2.45, 2.75) is 31.7 Å². The van der Waals surface area contributed by atoms with Crippen molar-refractivity contribution in [2.75, 3.05) is 7.05 Å². The molecule has 0 spiro atoms. The summed E-state index contributed by atoms with van der Waals surface area (Å²) in [5.41, 5.74) is 3.54. The Kier molecular flexibility index (Phi) is 3.83. The summed E-state index contributed by atoms with van der Waals surface area (Å²) >= 11 is 0. The first-order valence-corrected chi connectivity index (χ1v) is 8.41. The van der Waals surface area contributed by atoms with Crippen LogP contribution in [0.5, 0.6) is 0 Å². The molecule has 1 atom stereocenters. The second kappa shape index (κ2) is 6.16. The van der Waals surface area contributed by atoms with Gasteiger partial charge in [-0.1, -0.05) is 12.1 Å². The van der Waals surface area contributed by atoms with Gasteiger partial charge in [0.15, 0.2) is 0 Å². The second-order valence-electron chi connectivity index (χ2n) is 6.51. The van der Waals surface area contributed by atoms with E-state index in [0.29, 0.717) is 11.6 Å². The maximum Gasteiger partial charge on any atom is 0.274 e. The molecular weight excluding hydrogens is 316 g/mol. The van der Waals surface area contributed by atoms with E-state index in [1.54, 1.807) is 15.9 Å². The number of hydrogen-bond donors (Lipinski definition) is 1. The second-order valence-corrected chi connectivity index (χ2v) is 6.51. The minimum absolute atomic E-state index is 0.0571. The molecule has 4 rings (SSSR count). The number of hydrogen-bond acceptors (Lipinski definition) is 4. The van der Waals surface area contributed by atoms with Crippen molar-refractivity contribution >= 4 is 5.91 Å².